The maximum Gasteiger partial charge on any atom is 0.234 e. The molecule has 3 rings (SSSR count). The van der Waals surface area contributed by atoms with Gasteiger partial charge >= 0.3 is 0 Å². The molecule has 0 atom stereocenters. The van der Waals surface area contributed by atoms with E-state index in [1.165, 1.54) is 4.70 Å². The van der Waals surface area contributed by atoms with Gasteiger partial charge in [0.25, 0.3) is 0 Å². The predicted molar refractivity (Wildman–Crippen MR) is 106 cm³/mol. The molecule has 0 unspecified atom stereocenters. The van der Waals surface area contributed by atoms with Gasteiger partial charge in [0.05, 0.1) is 21.7 Å². The molecule has 0 fully saturated rings. The Hall–Kier alpha value is -0.890. The van der Waals surface area contributed by atoms with Crippen molar-refractivity contribution < 1.29 is 4.79 Å². The molecule has 23 heavy (non-hydrogen) atoms. The zero-order chi connectivity index (χ0) is 16.2. The fourth-order valence-corrected chi connectivity index (χ4v) is 4.55. The molecule has 0 aliphatic rings. The SMILES string of the molecule is O=C(CSCc1nc2ccccc2s1)Nc1cc(Br)ccc1Br. The Morgan fingerprint density at radius 2 is 2.04 bits per heavy atom. The van der Waals surface area contributed by atoms with E-state index in [-0.39, 0.29) is 5.91 Å². The normalized spacial score (nSPS) is 10.9. The lowest BCUT2D eigenvalue weighted by Gasteiger charge is -2.07. The molecule has 1 N–H and O–H groups in total. The molecule has 0 saturated carbocycles. The molecule has 0 aliphatic carbocycles. The number of halogens is 2. The number of rotatable bonds is 5. The number of thioether (sulfide) groups is 1. The molecule has 2 aromatic carbocycles. The van der Waals surface area contributed by atoms with Crippen LogP contribution in [0.15, 0.2) is 51.4 Å². The zero-order valence-corrected chi connectivity index (χ0v) is 16.7. The average molecular weight is 472 g/mol. The van der Waals surface area contributed by atoms with Crippen LogP contribution in [0.4, 0.5) is 5.69 Å². The van der Waals surface area contributed by atoms with Gasteiger partial charge in [-0.3, -0.25) is 4.79 Å². The Balaban J connectivity index is 1.53. The van der Waals surface area contributed by atoms with Gasteiger partial charge in [-0.05, 0) is 46.3 Å². The Morgan fingerprint density at radius 1 is 1.22 bits per heavy atom. The van der Waals surface area contributed by atoms with Crippen molar-refractivity contribution in [2.45, 2.75) is 5.75 Å². The van der Waals surface area contributed by atoms with E-state index in [0.29, 0.717) is 5.75 Å². The summed E-state index contributed by atoms with van der Waals surface area (Å²) in [5, 5.41) is 3.96. The van der Waals surface area contributed by atoms with Crippen molar-refractivity contribution in [3.63, 3.8) is 0 Å². The third kappa shape index (κ3) is 4.56. The summed E-state index contributed by atoms with van der Waals surface area (Å²) in [5.74, 6) is 1.12. The predicted octanol–water partition coefficient (Wildman–Crippen LogP) is 5.69. The fraction of sp³-hybridized carbons (Fsp3) is 0.125. The number of carbonyl (C=O) groups excluding carboxylic acids is 1. The van der Waals surface area contributed by atoms with Crippen molar-refractivity contribution in [2.24, 2.45) is 0 Å². The molecule has 0 bridgehead atoms. The van der Waals surface area contributed by atoms with Crippen LogP contribution in [0.3, 0.4) is 0 Å². The second kappa shape index (κ2) is 7.79. The number of nitrogens with one attached hydrogen (secondary N) is 1. The van der Waals surface area contributed by atoms with Crippen molar-refractivity contribution in [2.75, 3.05) is 11.1 Å². The van der Waals surface area contributed by atoms with Gasteiger partial charge in [-0.25, -0.2) is 4.98 Å². The van der Waals surface area contributed by atoms with Crippen molar-refractivity contribution >= 4 is 76.8 Å². The van der Waals surface area contributed by atoms with Crippen LogP contribution >= 0.6 is 55.0 Å². The number of nitrogens with zero attached hydrogens (tertiary/aromatic N) is 1. The summed E-state index contributed by atoms with van der Waals surface area (Å²) in [4.78, 5) is 16.6. The largest absolute Gasteiger partial charge is 0.324 e. The van der Waals surface area contributed by atoms with Crippen molar-refractivity contribution in [1.82, 2.24) is 4.98 Å². The molecule has 1 amide bonds. The molecular weight excluding hydrogens is 460 g/mol. The van der Waals surface area contributed by atoms with Gasteiger partial charge in [-0.2, -0.15) is 0 Å². The average Bonchev–Trinajstić information content (AvgIpc) is 2.93. The third-order valence-electron chi connectivity index (χ3n) is 3.00. The summed E-state index contributed by atoms with van der Waals surface area (Å²) in [7, 11) is 0. The lowest BCUT2D eigenvalue weighted by molar-refractivity contribution is -0.113. The summed E-state index contributed by atoms with van der Waals surface area (Å²) < 4.78 is 2.98. The van der Waals surface area contributed by atoms with Crippen molar-refractivity contribution in [1.29, 1.82) is 0 Å². The molecule has 0 aliphatic heterocycles. The zero-order valence-electron chi connectivity index (χ0n) is 11.9. The van der Waals surface area contributed by atoms with Gasteiger partial charge in [0.1, 0.15) is 5.01 Å². The molecule has 1 aromatic heterocycles. The van der Waals surface area contributed by atoms with Gasteiger partial charge < -0.3 is 5.32 Å². The van der Waals surface area contributed by atoms with Gasteiger partial charge in [0.2, 0.25) is 5.91 Å². The number of aromatic nitrogens is 1. The highest BCUT2D eigenvalue weighted by atomic mass is 79.9. The molecule has 1 heterocycles. The van der Waals surface area contributed by atoms with E-state index in [0.717, 1.165) is 30.9 Å². The molecule has 3 aromatic rings. The maximum atomic E-state index is 12.1. The number of carbonyl (C=O) groups is 1. The molecule has 118 valence electrons. The second-order valence-corrected chi connectivity index (χ2v) is 8.61. The Kier molecular flexibility index (Phi) is 5.74. The number of para-hydroxylation sites is 1. The van der Waals surface area contributed by atoms with Crippen LogP contribution in [0.2, 0.25) is 0 Å². The minimum atomic E-state index is -0.0186. The topological polar surface area (TPSA) is 42.0 Å². The molecule has 0 spiro atoms. The highest BCUT2D eigenvalue weighted by Gasteiger charge is 2.08. The first kappa shape index (κ1) is 17.0. The van der Waals surface area contributed by atoms with Crippen LogP contribution in [-0.4, -0.2) is 16.6 Å². The summed E-state index contributed by atoms with van der Waals surface area (Å²) in [6, 6.07) is 13.8. The molecule has 0 saturated heterocycles. The maximum absolute atomic E-state index is 12.1. The van der Waals surface area contributed by atoms with E-state index < -0.39 is 0 Å². The first-order chi connectivity index (χ1) is 11.1. The van der Waals surface area contributed by atoms with E-state index in [4.69, 9.17) is 0 Å². The third-order valence-corrected chi connectivity index (χ3v) is 6.35. The second-order valence-electron chi connectivity index (χ2n) is 4.74. The quantitative estimate of drug-likeness (QED) is 0.519. The number of fused-ring (bicyclic) bond motifs is 1. The van der Waals surface area contributed by atoms with E-state index in [9.17, 15) is 4.79 Å². The van der Waals surface area contributed by atoms with Crippen LogP contribution in [0.25, 0.3) is 10.2 Å². The number of benzene rings is 2. The van der Waals surface area contributed by atoms with Gasteiger partial charge in [-0.15, -0.1) is 23.1 Å². The summed E-state index contributed by atoms with van der Waals surface area (Å²) in [6.45, 7) is 0. The van der Waals surface area contributed by atoms with Gasteiger partial charge in [0, 0.05) is 14.7 Å². The van der Waals surface area contributed by atoms with Crippen LogP contribution in [0.1, 0.15) is 5.01 Å². The summed E-state index contributed by atoms with van der Waals surface area (Å²) >= 11 is 10.1. The fourth-order valence-electron chi connectivity index (χ4n) is 1.99. The summed E-state index contributed by atoms with van der Waals surface area (Å²) in [6.07, 6.45) is 0. The van der Waals surface area contributed by atoms with Crippen LogP contribution in [0, 0.1) is 0 Å². The van der Waals surface area contributed by atoms with Gasteiger partial charge in [0.15, 0.2) is 0 Å². The van der Waals surface area contributed by atoms with Crippen LogP contribution < -0.4 is 5.32 Å². The Morgan fingerprint density at radius 3 is 2.87 bits per heavy atom. The van der Waals surface area contributed by atoms with Crippen LogP contribution in [0.5, 0.6) is 0 Å². The number of amides is 1. The smallest absolute Gasteiger partial charge is 0.234 e. The number of hydrogen-bond donors (Lipinski definition) is 1. The molecule has 3 nitrogen and oxygen atoms in total. The molecular formula is C16H12Br2N2OS2. The molecule has 0 radical (unpaired) electrons. The Labute approximate surface area is 159 Å². The first-order valence-electron chi connectivity index (χ1n) is 6.79. The first-order valence-corrected chi connectivity index (χ1v) is 10.3. The standard InChI is InChI=1S/C16H12Br2N2OS2/c17-10-5-6-11(18)13(7-10)19-15(21)8-22-9-16-20-12-3-1-2-4-14(12)23-16/h1-7H,8-9H2,(H,19,21). The van der Waals surface area contributed by atoms with Crippen LogP contribution in [-0.2, 0) is 10.5 Å². The monoisotopic (exact) mass is 470 g/mol. The highest BCUT2D eigenvalue weighted by Crippen LogP contribution is 2.27. The number of thiazole rings is 1. The van der Waals surface area contributed by atoms with E-state index >= 15 is 0 Å². The van der Waals surface area contributed by atoms with E-state index in [1.807, 2.05) is 36.4 Å². The lowest BCUT2D eigenvalue weighted by Crippen LogP contribution is -2.14. The van der Waals surface area contributed by atoms with Crippen molar-refractivity contribution in [3.8, 4) is 0 Å². The van der Waals surface area contributed by atoms with Gasteiger partial charge in [-0.1, -0.05) is 28.1 Å². The number of hydrogen-bond acceptors (Lipinski definition) is 4. The highest BCUT2D eigenvalue weighted by molar-refractivity contribution is 9.11. The van der Waals surface area contributed by atoms with E-state index in [1.54, 1.807) is 23.1 Å². The minimum absolute atomic E-state index is 0.0186. The van der Waals surface area contributed by atoms with Crippen molar-refractivity contribution in [3.05, 3.63) is 56.4 Å². The summed E-state index contributed by atoms with van der Waals surface area (Å²) in [5.41, 5.74) is 1.79. The van der Waals surface area contributed by atoms with E-state index in [2.05, 4.69) is 48.2 Å². The number of anilines is 1. The minimum Gasteiger partial charge on any atom is -0.324 e. The Bertz CT molecular complexity index is 818. The molecule has 7 heteroatoms. The lowest BCUT2D eigenvalue weighted by atomic mass is 10.3.